The lowest BCUT2D eigenvalue weighted by atomic mass is 9.93. The molecule has 0 aromatic heterocycles. The molecule has 2 rings (SSSR count). The highest BCUT2D eigenvalue weighted by atomic mass is 16.5. The van der Waals surface area contributed by atoms with Crippen molar-refractivity contribution in [2.75, 3.05) is 19.7 Å². The number of ether oxygens (including phenoxy) is 1. The number of hydrogen-bond acceptors (Lipinski definition) is 3. The minimum Gasteiger partial charge on any atom is -0.376 e. The monoisotopic (exact) mass is 296 g/mol. The van der Waals surface area contributed by atoms with Crippen LogP contribution in [0, 0.1) is 0 Å². The van der Waals surface area contributed by atoms with E-state index in [1.54, 1.807) is 0 Å². The van der Waals surface area contributed by atoms with Gasteiger partial charge in [0, 0.05) is 25.2 Å². The van der Waals surface area contributed by atoms with Gasteiger partial charge < -0.3 is 10.5 Å². The van der Waals surface area contributed by atoms with Gasteiger partial charge in [-0.3, -0.25) is 4.90 Å². The van der Waals surface area contributed by atoms with Gasteiger partial charge in [-0.1, -0.05) is 58.3 Å². The maximum absolute atomic E-state index is 6.59. The summed E-state index contributed by atoms with van der Waals surface area (Å²) < 4.78 is 5.84. The molecular weight excluding hydrogens is 260 g/mol. The molecule has 1 saturated heterocycles. The van der Waals surface area contributed by atoms with Crippen molar-refractivity contribution in [3.8, 4) is 0 Å². The van der Waals surface area contributed by atoms with E-state index in [0.717, 1.165) is 26.1 Å². The quantitative estimate of drug-likeness (QED) is 0.844. The molecule has 124 valence electrons. The van der Waals surface area contributed by atoms with Gasteiger partial charge >= 0.3 is 0 Å². The molecule has 1 aliphatic heterocycles. The van der Waals surface area contributed by atoms with Crippen molar-refractivity contribution in [1.82, 2.24) is 4.90 Å². The van der Waals surface area contributed by atoms with Crippen LogP contribution in [0.4, 0.5) is 0 Å². The first kappa shape index (κ1) is 17.2. The second kappa shape index (κ2) is 9.81. The summed E-state index contributed by atoms with van der Waals surface area (Å²) >= 11 is 0. The SMILES string of the molecule is CCC1CN(C2CCCCCCCCCCC2N)CCO1. The Hall–Kier alpha value is -0.120. The van der Waals surface area contributed by atoms with E-state index in [9.17, 15) is 0 Å². The van der Waals surface area contributed by atoms with Crippen LogP contribution in [0.15, 0.2) is 0 Å². The summed E-state index contributed by atoms with van der Waals surface area (Å²) in [6, 6.07) is 0.947. The van der Waals surface area contributed by atoms with Gasteiger partial charge in [-0.25, -0.2) is 0 Å². The third-order valence-corrected chi connectivity index (χ3v) is 5.38. The van der Waals surface area contributed by atoms with Crippen LogP contribution in [0.3, 0.4) is 0 Å². The topological polar surface area (TPSA) is 38.5 Å². The summed E-state index contributed by atoms with van der Waals surface area (Å²) in [6.07, 6.45) is 15.2. The Kier molecular flexibility index (Phi) is 8.05. The summed E-state index contributed by atoms with van der Waals surface area (Å²) in [6.45, 7) is 5.29. The van der Waals surface area contributed by atoms with Crippen molar-refractivity contribution in [1.29, 1.82) is 0 Å². The van der Waals surface area contributed by atoms with Gasteiger partial charge in [0.2, 0.25) is 0 Å². The van der Waals surface area contributed by atoms with Crippen LogP contribution in [0.5, 0.6) is 0 Å². The van der Waals surface area contributed by atoms with Crippen LogP contribution in [0.25, 0.3) is 0 Å². The van der Waals surface area contributed by atoms with E-state index < -0.39 is 0 Å². The zero-order valence-electron chi connectivity index (χ0n) is 14.1. The van der Waals surface area contributed by atoms with Gasteiger partial charge in [0.05, 0.1) is 12.7 Å². The first-order valence-corrected chi connectivity index (χ1v) is 9.42. The Bertz CT molecular complexity index is 272. The van der Waals surface area contributed by atoms with Crippen molar-refractivity contribution in [2.45, 2.75) is 95.7 Å². The summed E-state index contributed by atoms with van der Waals surface area (Å²) in [5.41, 5.74) is 6.59. The van der Waals surface area contributed by atoms with Crippen molar-refractivity contribution >= 4 is 0 Å². The number of morpholine rings is 1. The molecule has 0 aromatic carbocycles. The van der Waals surface area contributed by atoms with Gasteiger partial charge in [-0.15, -0.1) is 0 Å². The molecule has 1 saturated carbocycles. The average molecular weight is 296 g/mol. The van der Waals surface area contributed by atoms with Crippen LogP contribution in [-0.4, -0.2) is 42.8 Å². The Morgan fingerprint density at radius 1 is 0.952 bits per heavy atom. The van der Waals surface area contributed by atoms with Gasteiger partial charge in [0.25, 0.3) is 0 Å². The third-order valence-electron chi connectivity index (χ3n) is 5.38. The zero-order chi connectivity index (χ0) is 14.9. The van der Waals surface area contributed by atoms with E-state index in [4.69, 9.17) is 10.5 Å². The first-order chi connectivity index (χ1) is 10.3. The van der Waals surface area contributed by atoms with Crippen LogP contribution < -0.4 is 5.73 Å². The molecule has 3 nitrogen and oxygen atoms in total. The molecule has 3 heteroatoms. The standard InChI is InChI=1S/C18H36N2O/c1-2-16-15-20(13-14-21-16)18-12-10-8-6-4-3-5-7-9-11-17(18)19/h16-18H,2-15,19H2,1H3. The zero-order valence-corrected chi connectivity index (χ0v) is 14.1. The fourth-order valence-electron chi connectivity index (χ4n) is 3.94. The molecule has 1 heterocycles. The molecule has 2 N–H and O–H groups in total. The summed E-state index contributed by atoms with van der Waals surface area (Å²) in [4.78, 5) is 2.65. The molecule has 21 heavy (non-hydrogen) atoms. The molecule has 3 unspecified atom stereocenters. The maximum Gasteiger partial charge on any atom is 0.0700 e. The molecule has 0 amide bonds. The summed E-state index contributed by atoms with van der Waals surface area (Å²) in [5, 5.41) is 0. The fourth-order valence-corrected chi connectivity index (χ4v) is 3.94. The smallest absolute Gasteiger partial charge is 0.0700 e. The Labute approximate surface area is 131 Å². The van der Waals surface area contributed by atoms with Crippen LogP contribution in [0.1, 0.15) is 77.6 Å². The molecule has 2 fully saturated rings. The maximum atomic E-state index is 6.59. The molecule has 0 radical (unpaired) electrons. The predicted molar refractivity (Wildman–Crippen MR) is 89.5 cm³/mol. The lowest BCUT2D eigenvalue weighted by Crippen LogP contribution is -2.54. The predicted octanol–water partition coefficient (Wildman–Crippen LogP) is 3.71. The van der Waals surface area contributed by atoms with Crippen molar-refractivity contribution < 1.29 is 4.74 Å². The molecule has 0 spiro atoms. The lowest BCUT2D eigenvalue weighted by molar-refractivity contribution is -0.0497. The minimum atomic E-state index is 0.361. The van der Waals surface area contributed by atoms with Crippen molar-refractivity contribution in [3.63, 3.8) is 0 Å². The third kappa shape index (κ3) is 5.88. The largest absolute Gasteiger partial charge is 0.376 e. The highest BCUT2D eigenvalue weighted by molar-refractivity contribution is 4.85. The van der Waals surface area contributed by atoms with Gasteiger partial charge in [-0.2, -0.15) is 0 Å². The summed E-state index contributed by atoms with van der Waals surface area (Å²) in [7, 11) is 0. The van der Waals surface area contributed by atoms with E-state index in [2.05, 4.69) is 11.8 Å². The molecule has 0 aromatic rings. The van der Waals surface area contributed by atoms with Gasteiger partial charge in [0.1, 0.15) is 0 Å². The Balaban J connectivity index is 1.90. The first-order valence-electron chi connectivity index (χ1n) is 9.42. The van der Waals surface area contributed by atoms with Gasteiger partial charge in [-0.05, 0) is 19.3 Å². The second-order valence-corrected chi connectivity index (χ2v) is 7.03. The van der Waals surface area contributed by atoms with E-state index in [1.807, 2.05) is 0 Å². The van der Waals surface area contributed by atoms with Crippen LogP contribution >= 0.6 is 0 Å². The van der Waals surface area contributed by atoms with E-state index in [0.29, 0.717) is 18.2 Å². The number of hydrogen-bond donors (Lipinski definition) is 1. The molecule has 3 atom stereocenters. The van der Waals surface area contributed by atoms with Crippen LogP contribution in [0.2, 0.25) is 0 Å². The van der Waals surface area contributed by atoms with E-state index in [-0.39, 0.29) is 0 Å². The van der Waals surface area contributed by atoms with Crippen LogP contribution in [-0.2, 0) is 4.74 Å². The molecular formula is C18H36N2O. The Morgan fingerprint density at radius 3 is 2.24 bits per heavy atom. The highest BCUT2D eigenvalue weighted by Gasteiger charge is 2.29. The summed E-state index contributed by atoms with van der Waals surface area (Å²) in [5.74, 6) is 0. The molecule has 2 aliphatic rings. The molecule has 0 bridgehead atoms. The number of nitrogens with zero attached hydrogens (tertiary/aromatic N) is 1. The second-order valence-electron chi connectivity index (χ2n) is 7.03. The van der Waals surface area contributed by atoms with E-state index >= 15 is 0 Å². The lowest BCUT2D eigenvalue weighted by Gasteiger charge is -2.41. The highest BCUT2D eigenvalue weighted by Crippen LogP contribution is 2.22. The number of rotatable bonds is 2. The Morgan fingerprint density at radius 2 is 1.57 bits per heavy atom. The van der Waals surface area contributed by atoms with Crippen molar-refractivity contribution in [2.24, 2.45) is 5.73 Å². The normalized spacial score (nSPS) is 34.9. The molecule has 1 aliphatic carbocycles. The minimum absolute atomic E-state index is 0.361. The van der Waals surface area contributed by atoms with Gasteiger partial charge in [0.15, 0.2) is 0 Å². The number of nitrogens with two attached hydrogens (primary N) is 1. The average Bonchev–Trinajstić information content (AvgIpc) is 2.51. The fraction of sp³-hybridized carbons (Fsp3) is 1.00. The van der Waals surface area contributed by atoms with Crippen molar-refractivity contribution in [3.05, 3.63) is 0 Å². The van der Waals surface area contributed by atoms with E-state index in [1.165, 1.54) is 64.2 Å².